The van der Waals surface area contributed by atoms with Crippen molar-refractivity contribution in [2.24, 2.45) is 7.05 Å². The Morgan fingerprint density at radius 3 is 2.62 bits per heavy atom. The molecule has 0 bridgehead atoms. The van der Waals surface area contributed by atoms with Crippen molar-refractivity contribution in [3.63, 3.8) is 0 Å². The van der Waals surface area contributed by atoms with Gasteiger partial charge in [-0.25, -0.2) is 15.0 Å². The lowest BCUT2D eigenvalue weighted by atomic mass is 10.1. The Balaban J connectivity index is 1.52. The summed E-state index contributed by atoms with van der Waals surface area (Å²) in [6.07, 6.45) is -1.05. The van der Waals surface area contributed by atoms with Gasteiger partial charge in [-0.1, -0.05) is 0 Å². The van der Waals surface area contributed by atoms with Gasteiger partial charge in [0.1, 0.15) is 0 Å². The zero-order valence-electron chi connectivity index (χ0n) is 16.2. The van der Waals surface area contributed by atoms with Crippen LogP contribution in [0.2, 0.25) is 0 Å². The van der Waals surface area contributed by atoms with Crippen molar-refractivity contribution in [1.82, 2.24) is 19.5 Å². The van der Waals surface area contributed by atoms with Crippen molar-refractivity contribution in [3.05, 3.63) is 35.7 Å². The molecule has 0 amide bonds. The number of imidazole rings is 1. The number of aryl methyl sites for hydroxylation is 2. The van der Waals surface area contributed by atoms with Crippen molar-refractivity contribution >= 4 is 28.6 Å². The van der Waals surface area contributed by atoms with Gasteiger partial charge in [-0.2, -0.15) is 13.2 Å². The molecule has 7 nitrogen and oxygen atoms in total. The van der Waals surface area contributed by atoms with Gasteiger partial charge in [0, 0.05) is 44.3 Å². The maximum Gasteiger partial charge on any atom is 0.419 e. The van der Waals surface area contributed by atoms with Crippen LogP contribution in [0.5, 0.6) is 0 Å². The minimum atomic E-state index is -4.44. The summed E-state index contributed by atoms with van der Waals surface area (Å²) in [7, 11) is 1.97. The summed E-state index contributed by atoms with van der Waals surface area (Å²) >= 11 is 0. The summed E-state index contributed by atoms with van der Waals surface area (Å²) in [5, 5.41) is 3.14. The number of nitrogen functional groups attached to an aromatic ring is 1. The standard InChI is InChI=1S/C19H22F3N7/c1-11-14(23)5-6-15-16(11)27-18(28(15)2)29-7-3-4-13(10-29)26-17-24-8-12(9-25-17)19(20,21)22/h5-6,8-9,13H,3-4,7,10,23H2,1-2H3,(H,24,25,26)/t13-/m1/s1. The molecule has 3 heterocycles. The van der Waals surface area contributed by atoms with Crippen LogP contribution in [-0.4, -0.2) is 38.7 Å². The van der Waals surface area contributed by atoms with E-state index in [0.717, 1.165) is 54.3 Å². The molecule has 1 aromatic carbocycles. The molecular formula is C19H22F3N7. The van der Waals surface area contributed by atoms with Gasteiger partial charge in [0.15, 0.2) is 0 Å². The molecule has 0 saturated carbocycles. The second kappa shape index (κ2) is 7.09. The first kappa shape index (κ1) is 19.3. The van der Waals surface area contributed by atoms with Crippen LogP contribution in [-0.2, 0) is 13.2 Å². The van der Waals surface area contributed by atoms with Crippen LogP contribution in [0.4, 0.5) is 30.8 Å². The van der Waals surface area contributed by atoms with Gasteiger partial charge in [0.05, 0.1) is 16.6 Å². The highest BCUT2D eigenvalue weighted by atomic mass is 19.4. The number of alkyl halides is 3. The van der Waals surface area contributed by atoms with Gasteiger partial charge >= 0.3 is 6.18 Å². The van der Waals surface area contributed by atoms with E-state index >= 15 is 0 Å². The molecule has 4 rings (SSSR count). The van der Waals surface area contributed by atoms with E-state index in [9.17, 15) is 13.2 Å². The summed E-state index contributed by atoms with van der Waals surface area (Å²) in [6, 6.07) is 3.85. The van der Waals surface area contributed by atoms with E-state index in [1.165, 1.54) is 0 Å². The van der Waals surface area contributed by atoms with Crippen molar-refractivity contribution in [3.8, 4) is 0 Å². The summed E-state index contributed by atoms with van der Waals surface area (Å²) in [4.78, 5) is 14.6. The van der Waals surface area contributed by atoms with E-state index in [1.807, 2.05) is 30.7 Å². The van der Waals surface area contributed by atoms with Crippen LogP contribution in [0.25, 0.3) is 11.0 Å². The molecule has 1 fully saturated rings. The zero-order chi connectivity index (χ0) is 20.8. The first-order valence-electron chi connectivity index (χ1n) is 9.36. The molecule has 154 valence electrons. The highest BCUT2D eigenvalue weighted by Crippen LogP contribution is 2.30. The van der Waals surface area contributed by atoms with Gasteiger partial charge in [0.25, 0.3) is 0 Å². The third-order valence-corrected chi connectivity index (χ3v) is 5.34. The average molecular weight is 405 g/mol. The fourth-order valence-electron chi connectivity index (χ4n) is 3.69. The van der Waals surface area contributed by atoms with E-state index in [-0.39, 0.29) is 12.0 Å². The summed E-state index contributed by atoms with van der Waals surface area (Å²) < 4.78 is 40.1. The van der Waals surface area contributed by atoms with E-state index in [0.29, 0.717) is 12.2 Å². The molecule has 10 heteroatoms. The third-order valence-electron chi connectivity index (χ3n) is 5.34. The molecule has 1 atom stereocenters. The Morgan fingerprint density at radius 1 is 1.21 bits per heavy atom. The Bertz CT molecular complexity index is 1030. The first-order valence-corrected chi connectivity index (χ1v) is 9.36. The van der Waals surface area contributed by atoms with Crippen molar-refractivity contribution in [2.45, 2.75) is 32.0 Å². The molecule has 29 heavy (non-hydrogen) atoms. The third kappa shape index (κ3) is 3.66. The predicted octanol–water partition coefficient (Wildman–Crippen LogP) is 3.35. The Morgan fingerprint density at radius 2 is 1.93 bits per heavy atom. The van der Waals surface area contributed by atoms with Gasteiger partial charge < -0.3 is 20.5 Å². The van der Waals surface area contributed by atoms with E-state index in [4.69, 9.17) is 10.7 Å². The number of piperidine rings is 1. The molecule has 1 aliphatic heterocycles. The number of nitrogens with zero attached hydrogens (tertiary/aromatic N) is 5. The normalized spacial score (nSPS) is 17.7. The number of anilines is 3. The minimum absolute atomic E-state index is 0.00599. The maximum atomic E-state index is 12.7. The molecule has 1 saturated heterocycles. The van der Waals surface area contributed by atoms with Crippen molar-refractivity contribution in [1.29, 1.82) is 0 Å². The fraction of sp³-hybridized carbons (Fsp3) is 0.421. The van der Waals surface area contributed by atoms with Crippen molar-refractivity contribution < 1.29 is 13.2 Å². The van der Waals surface area contributed by atoms with Crippen LogP contribution < -0.4 is 16.0 Å². The average Bonchev–Trinajstić information content (AvgIpc) is 3.02. The van der Waals surface area contributed by atoms with E-state index < -0.39 is 11.7 Å². The van der Waals surface area contributed by atoms with Crippen LogP contribution in [0, 0.1) is 6.92 Å². The molecule has 0 unspecified atom stereocenters. The molecule has 3 aromatic rings. The van der Waals surface area contributed by atoms with E-state index in [2.05, 4.69) is 20.2 Å². The highest BCUT2D eigenvalue weighted by molar-refractivity contribution is 5.86. The molecule has 0 spiro atoms. The topological polar surface area (TPSA) is 84.9 Å². The SMILES string of the molecule is Cc1c(N)ccc2c1nc(N1CCC[C@@H](Nc3ncc(C(F)(F)F)cn3)C1)n2C. The van der Waals surface area contributed by atoms with Crippen LogP contribution >= 0.6 is 0 Å². The number of hydrogen-bond donors (Lipinski definition) is 2. The van der Waals surface area contributed by atoms with E-state index in [1.54, 1.807) is 0 Å². The fourth-order valence-corrected chi connectivity index (χ4v) is 3.69. The largest absolute Gasteiger partial charge is 0.419 e. The molecule has 1 aliphatic rings. The Labute approximate surface area is 165 Å². The number of fused-ring (bicyclic) bond motifs is 1. The monoisotopic (exact) mass is 405 g/mol. The van der Waals surface area contributed by atoms with Crippen molar-refractivity contribution in [2.75, 3.05) is 29.0 Å². The van der Waals surface area contributed by atoms with Gasteiger partial charge in [-0.3, -0.25) is 0 Å². The summed E-state index contributed by atoms with van der Waals surface area (Å²) in [5.74, 6) is 1.03. The maximum absolute atomic E-state index is 12.7. The molecular weight excluding hydrogens is 383 g/mol. The van der Waals surface area contributed by atoms with Crippen LogP contribution in [0.1, 0.15) is 24.0 Å². The summed E-state index contributed by atoms with van der Waals surface area (Å²) in [6.45, 7) is 3.45. The number of nitrogens with one attached hydrogen (secondary N) is 1. The number of aromatic nitrogens is 4. The minimum Gasteiger partial charge on any atom is -0.398 e. The predicted molar refractivity (Wildman–Crippen MR) is 106 cm³/mol. The number of benzene rings is 1. The molecule has 0 aliphatic carbocycles. The second-order valence-electron chi connectivity index (χ2n) is 7.34. The Kier molecular flexibility index (Phi) is 4.71. The number of nitrogens with two attached hydrogens (primary N) is 1. The lowest BCUT2D eigenvalue weighted by Gasteiger charge is -2.33. The molecule has 2 aromatic heterocycles. The lowest BCUT2D eigenvalue weighted by molar-refractivity contribution is -0.138. The molecule has 3 N–H and O–H groups in total. The zero-order valence-corrected chi connectivity index (χ0v) is 16.2. The highest BCUT2D eigenvalue weighted by Gasteiger charge is 2.31. The smallest absolute Gasteiger partial charge is 0.398 e. The van der Waals surface area contributed by atoms with Crippen LogP contribution in [0.15, 0.2) is 24.5 Å². The number of hydrogen-bond acceptors (Lipinski definition) is 6. The lowest BCUT2D eigenvalue weighted by Crippen LogP contribution is -2.43. The molecule has 0 radical (unpaired) electrons. The van der Waals surface area contributed by atoms with Gasteiger partial charge in [-0.05, 0) is 37.5 Å². The number of rotatable bonds is 3. The summed E-state index contributed by atoms with van der Waals surface area (Å²) in [5.41, 5.74) is 8.70. The van der Waals surface area contributed by atoms with Gasteiger partial charge in [0.2, 0.25) is 11.9 Å². The Hall–Kier alpha value is -3.04. The first-order chi connectivity index (χ1) is 13.7. The number of halogens is 3. The van der Waals surface area contributed by atoms with Gasteiger partial charge in [-0.15, -0.1) is 0 Å². The second-order valence-corrected chi connectivity index (χ2v) is 7.34. The van der Waals surface area contributed by atoms with Crippen LogP contribution in [0.3, 0.4) is 0 Å². The quantitative estimate of drug-likeness (QED) is 0.650.